The van der Waals surface area contributed by atoms with Crippen LogP contribution in [0.4, 0.5) is 8.87 Å². The second kappa shape index (κ2) is 7.75. The van der Waals surface area contributed by atoms with Crippen molar-refractivity contribution in [1.29, 1.82) is 0 Å². The Balaban J connectivity index is 3.56. The normalized spacial score (nSPS) is 15.0. The third kappa shape index (κ3) is 3.82. The molecule has 0 aliphatic carbocycles. The summed E-state index contributed by atoms with van der Waals surface area (Å²) in [6.45, 7) is 2.43. The Bertz CT molecular complexity index is 841. The van der Waals surface area contributed by atoms with Gasteiger partial charge in [0.15, 0.2) is 0 Å². The molecule has 1 aromatic rings. The molecule has 0 amide bonds. The third-order valence-electron chi connectivity index (χ3n) is 3.43. The van der Waals surface area contributed by atoms with E-state index < -0.39 is 58.1 Å². The van der Waals surface area contributed by atoms with E-state index in [0.717, 1.165) is 26.2 Å². The molecule has 25 heavy (non-hydrogen) atoms. The van der Waals surface area contributed by atoms with E-state index in [-0.39, 0.29) is 6.42 Å². The molecule has 1 aromatic carbocycles. The summed E-state index contributed by atoms with van der Waals surface area (Å²) in [7, 11) is -9.06. The molecular formula is C14H19F2NO6S2. The zero-order valence-electron chi connectivity index (χ0n) is 13.9. The third-order valence-corrected chi connectivity index (χ3v) is 7.52. The minimum atomic E-state index is -5.28. The van der Waals surface area contributed by atoms with Crippen molar-refractivity contribution in [2.45, 2.75) is 36.7 Å². The van der Waals surface area contributed by atoms with E-state index in [0.29, 0.717) is 0 Å². The Labute approximate surface area is 145 Å². The first-order valence-electron chi connectivity index (χ1n) is 7.29. The van der Waals surface area contributed by atoms with Crippen LogP contribution in [-0.2, 0) is 24.6 Å². The number of methoxy groups -OCH3 is 1. The monoisotopic (exact) mass is 399 g/mol. The van der Waals surface area contributed by atoms with Crippen LogP contribution in [0.5, 0.6) is 0 Å². The first kappa shape index (κ1) is 21.5. The van der Waals surface area contributed by atoms with Crippen molar-refractivity contribution in [3.8, 4) is 0 Å². The molecule has 0 aromatic heterocycles. The lowest BCUT2D eigenvalue weighted by Gasteiger charge is -2.28. The van der Waals surface area contributed by atoms with Gasteiger partial charge in [0.05, 0.1) is 23.3 Å². The highest BCUT2D eigenvalue weighted by atomic mass is 32.2. The van der Waals surface area contributed by atoms with Gasteiger partial charge in [-0.15, -0.1) is 4.48 Å². The summed E-state index contributed by atoms with van der Waals surface area (Å²) in [6, 6.07) is 4.37. The van der Waals surface area contributed by atoms with Crippen LogP contribution in [0.15, 0.2) is 29.2 Å². The molecule has 0 aliphatic heterocycles. The standard InChI is InChI=1S/C14H19F2NO6S2/c1-4-10-24(19,20)14(15,5-2)17(16)25(21,22)12-9-7-6-8-11(12)13(18)23-3/h6-9H,4-5,10H2,1-3H3. The van der Waals surface area contributed by atoms with Gasteiger partial charge in [-0.3, -0.25) is 0 Å². The van der Waals surface area contributed by atoms with Gasteiger partial charge in [0.1, 0.15) is 0 Å². The van der Waals surface area contributed by atoms with Crippen molar-refractivity contribution < 1.29 is 35.2 Å². The number of halogens is 2. The van der Waals surface area contributed by atoms with Crippen molar-refractivity contribution in [2.24, 2.45) is 0 Å². The number of alkyl halides is 1. The maximum absolute atomic E-state index is 14.9. The van der Waals surface area contributed by atoms with Crippen molar-refractivity contribution in [3.63, 3.8) is 0 Å². The van der Waals surface area contributed by atoms with E-state index in [2.05, 4.69) is 4.74 Å². The Morgan fingerprint density at radius 1 is 1.20 bits per heavy atom. The van der Waals surface area contributed by atoms with Gasteiger partial charge >= 0.3 is 11.1 Å². The number of nitrogens with zero attached hydrogens (tertiary/aromatic N) is 1. The van der Waals surface area contributed by atoms with Crippen LogP contribution in [-0.4, -0.2) is 45.3 Å². The lowest BCUT2D eigenvalue weighted by molar-refractivity contribution is -0.0264. The van der Waals surface area contributed by atoms with Crippen LogP contribution in [0.25, 0.3) is 0 Å². The molecule has 0 N–H and O–H groups in total. The highest BCUT2D eigenvalue weighted by molar-refractivity contribution is 7.94. The summed E-state index contributed by atoms with van der Waals surface area (Å²) in [5, 5.41) is -3.79. The Morgan fingerprint density at radius 3 is 2.24 bits per heavy atom. The fourth-order valence-corrected chi connectivity index (χ4v) is 5.60. The minimum Gasteiger partial charge on any atom is -0.465 e. The van der Waals surface area contributed by atoms with Crippen LogP contribution in [0, 0.1) is 0 Å². The number of sulfone groups is 1. The molecule has 1 atom stereocenters. The van der Waals surface area contributed by atoms with Gasteiger partial charge in [-0.05, 0) is 18.6 Å². The van der Waals surface area contributed by atoms with Gasteiger partial charge in [0, 0.05) is 10.9 Å². The number of carbonyl (C=O) groups is 1. The number of esters is 1. The molecular weight excluding hydrogens is 380 g/mol. The van der Waals surface area contributed by atoms with Gasteiger partial charge in [0.25, 0.3) is 10.0 Å². The molecule has 7 nitrogen and oxygen atoms in total. The predicted molar refractivity (Wildman–Crippen MR) is 86.1 cm³/mol. The lowest BCUT2D eigenvalue weighted by Crippen LogP contribution is -2.50. The van der Waals surface area contributed by atoms with Crippen molar-refractivity contribution in [3.05, 3.63) is 29.8 Å². The second-order valence-electron chi connectivity index (χ2n) is 5.07. The van der Waals surface area contributed by atoms with Gasteiger partial charge < -0.3 is 4.74 Å². The van der Waals surface area contributed by atoms with E-state index in [1.54, 1.807) is 0 Å². The maximum Gasteiger partial charge on any atom is 0.339 e. The number of ether oxygens (including phenoxy) is 1. The number of hydrogen-bond acceptors (Lipinski definition) is 6. The summed E-state index contributed by atoms with van der Waals surface area (Å²) >= 11 is 0. The summed E-state index contributed by atoms with van der Waals surface area (Å²) in [5.41, 5.74) is -0.543. The Kier molecular flexibility index (Phi) is 6.65. The predicted octanol–water partition coefficient (Wildman–Crippen LogP) is 2.21. The number of benzene rings is 1. The topological polar surface area (TPSA) is 97.8 Å². The summed E-state index contributed by atoms with van der Waals surface area (Å²) in [5.74, 6) is -1.84. The molecule has 0 fully saturated rings. The molecule has 11 heteroatoms. The molecule has 1 rings (SSSR count). The number of sulfonamides is 1. The summed E-state index contributed by atoms with van der Waals surface area (Å²) < 4.78 is 81.7. The highest BCUT2D eigenvalue weighted by Gasteiger charge is 2.55. The number of rotatable bonds is 8. The fraction of sp³-hybridized carbons (Fsp3) is 0.500. The van der Waals surface area contributed by atoms with E-state index >= 15 is 0 Å². The average Bonchev–Trinajstić information content (AvgIpc) is 2.59. The molecule has 142 valence electrons. The van der Waals surface area contributed by atoms with Crippen LogP contribution < -0.4 is 0 Å². The van der Waals surface area contributed by atoms with E-state index in [1.165, 1.54) is 19.1 Å². The smallest absolute Gasteiger partial charge is 0.339 e. The fourth-order valence-electron chi connectivity index (χ4n) is 2.11. The van der Waals surface area contributed by atoms with Gasteiger partial charge in [-0.2, -0.15) is 0 Å². The van der Waals surface area contributed by atoms with E-state index in [4.69, 9.17) is 0 Å². The van der Waals surface area contributed by atoms with Crippen molar-refractivity contribution in [1.82, 2.24) is 4.53 Å². The average molecular weight is 399 g/mol. The first-order valence-corrected chi connectivity index (χ1v) is 10.4. The van der Waals surface area contributed by atoms with E-state index in [1.807, 2.05) is 0 Å². The molecule has 0 heterocycles. The van der Waals surface area contributed by atoms with Gasteiger partial charge in [-0.1, -0.05) is 26.0 Å². The largest absolute Gasteiger partial charge is 0.465 e. The zero-order chi connectivity index (χ0) is 19.5. The van der Waals surface area contributed by atoms with E-state index in [9.17, 15) is 30.5 Å². The minimum absolute atomic E-state index is 0.0271. The molecule has 0 saturated heterocycles. The van der Waals surface area contributed by atoms with Crippen LogP contribution in [0.3, 0.4) is 0 Å². The maximum atomic E-state index is 14.9. The van der Waals surface area contributed by atoms with Gasteiger partial charge in [0.2, 0.25) is 9.84 Å². The first-order chi connectivity index (χ1) is 11.5. The molecule has 0 radical (unpaired) electrons. The second-order valence-corrected chi connectivity index (χ2v) is 9.04. The number of hydrogen-bond donors (Lipinski definition) is 0. The molecule has 1 unspecified atom stereocenters. The Hall–Kier alpha value is -1.59. The molecule has 0 saturated carbocycles. The van der Waals surface area contributed by atoms with Crippen LogP contribution in [0.1, 0.15) is 37.0 Å². The quantitative estimate of drug-likeness (QED) is 0.378. The van der Waals surface area contributed by atoms with Gasteiger partial charge in [-0.25, -0.2) is 26.0 Å². The lowest BCUT2D eigenvalue weighted by atomic mass is 10.2. The molecule has 0 bridgehead atoms. The summed E-state index contributed by atoms with van der Waals surface area (Å²) in [4.78, 5) is 10.8. The number of carbonyl (C=O) groups excluding carboxylic acids is 1. The van der Waals surface area contributed by atoms with Crippen LogP contribution in [0.2, 0.25) is 0 Å². The zero-order valence-corrected chi connectivity index (χ0v) is 15.5. The van der Waals surface area contributed by atoms with Crippen molar-refractivity contribution in [2.75, 3.05) is 12.9 Å². The molecule has 0 spiro atoms. The van der Waals surface area contributed by atoms with Crippen molar-refractivity contribution >= 4 is 25.8 Å². The SMILES string of the molecule is CCCS(=O)(=O)C(F)(CC)N(F)S(=O)(=O)c1ccccc1C(=O)OC. The van der Waals surface area contributed by atoms with Crippen LogP contribution >= 0.6 is 0 Å². The molecule has 0 aliphatic rings. The highest BCUT2D eigenvalue weighted by Crippen LogP contribution is 2.36. The summed E-state index contributed by atoms with van der Waals surface area (Å²) in [6.07, 6.45) is -0.994. The Morgan fingerprint density at radius 2 is 1.76 bits per heavy atom.